The number of benzene rings is 2. The second kappa shape index (κ2) is 9.70. The van der Waals surface area contributed by atoms with E-state index < -0.39 is 22.7 Å². The first-order valence-electron chi connectivity index (χ1n) is 9.29. The summed E-state index contributed by atoms with van der Waals surface area (Å²) < 4.78 is 20.2. The van der Waals surface area contributed by atoms with Gasteiger partial charge in [0.05, 0.1) is 23.7 Å². The standard InChI is InChI=1S/C20H20Cl2FN3O4/c1-12-11-25(7-8-30-12)18(19-15(22)3-2-4-16(19)23)10-24-20(27)14-9-13(21)5-6-17(14)26(28)29/h2-6,9,12,18H,7-8,10-11H2,1H3,(H,24,27). The maximum absolute atomic E-state index is 14.7. The van der Waals surface area contributed by atoms with E-state index in [9.17, 15) is 19.3 Å². The Morgan fingerprint density at radius 3 is 2.83 bits per heavy atom. The smallest absolute Gasteiger partial charge is 0.282 e. The zero-order valence-electron chi connectivity index (χ0n) is 16.1. The minimum Gasteiger partial charge on any atom is -0.376 e. The van der Waals surface area contributed by atoms with Crippen molar-refractivity contribution in [1.82, 2.24) is 10.2 Å². The Bertz CT molecular complexity index is 939. The van der Waals surface area contributed by atoms with Crippen LogP contribution < -0.4 is 5.32 Å². The van der Waals surface area contributed by atoms with Gasteiger partial charge in [-0.1, -0.05) is 29.3 Å². The maximum atomic E-state index is 14.7. The second-order valence-corrected chi connectivity index (χ2v) is 7.80. The van der Waals surface area contributed by atoms with Gasteiger partial charge in [-0.3, -0.25) is 19.8 Å². The third-order valence-electron chi connectivity index (χ3n) is 4.90. The van der Waals surface area contributed by atoms with Gasteiger partial charge in [-0.2, -0.15) is 0 Å². The molecule has 1 aliphatic rings. The number of hydrogen-bond acceptors (Lipinski definition) is 5. The number of nitro groups is 1. The SMILES string of the molecule is CC1CN(C(CNC(=O)c2cc(Cl)ccc2[N+](=O)[O-])c2c(F)cccc2Cl)CCO1. The van der Waals surface area contributed by atoms with Gasteiger partial charge in [0.15, 0.2) is 0 Å². The average Bonchev–Trinajstić information content (AvgIpc) is 2.69. The van der Waals surface area contributed by atoms with Crippen molar-refractivity contribution >= 4 is 34.8 Å². The van der Waals surface area contributed by atoms with Crippen LogP contribution in [0.15, 0.2) is 36.4 Å². The van der Waals surface area contributed by atoms with Crippen molar-refractivity contribution in [2.75, 3.05) is 26.2 Å². The number of nitro benzene ring substituents is 1. The Hall–Kier alpha value is -2.26. The van der Waals surface area contributed by atoms with Crippen molar-refractivity contribution in [3.05, 3.63) is 73.5 Å². The fourth-order valence-electron chi connectivity index (χ4n) is 3.51. The Morgan fingerprint density at radius 2 is 2.17 bits per heavy atom. The zero-order chi connectivity index (χ0) is 21.8. The molecule has 10 heteroatoms. The van der Waals surface area contributed by atoms with Gasteiger partial charge in [0.25, 0.3) is 11.6 Å². The molecule has 160 valence electrons. The molecule has 1 heterocycles. The zero-order valence-corrected chi connectivity index (χ0v) is 17.6. The molecule has 7 nitrogen and oxygen atoms in total. The number of hydrogen-bond donors (Lipinski definition) is 1. The molecule has 2 atom stereocenters. The summed E-state index contributed by atoms with van der Waals surface area (Å²) in [5.41, 5.74) is -0.271. The highest BCUT2D eigenvalue weighted by molar-refractivity contribution is 6.31. The van der Waals surface area contributed by atoms with Crippen LogP contribution in [0.25, 0.3) is 0 Å². The van der Waals surface area contributed by atoms with Crippen LogP contribution in [0, 0.1) is 15.9 Å². The number of rotatable bonds is 6. The maximum Gasteiger partial charge on any atom is 0.282 e. The number of halogens is 3. The first-order valence-corrected chi connectivity index (χ1v) is 10.0. The molecule has 2 aromatic carbocycles. The highest BCUT2D eigenvalue weighted by Gasteiger charge is 2.30. The van der Waals surface area contributed by atoms with E-state index in [1.807, 2.05) is 11.8 Å². The van der Waals surface area contributed by atoms with E-state index in [1.54, 1.807) is 6.07 Å². The highest BCUT2D eigenvalue weighted by atomic mass is 35.5. The van der Waals surface area contributed by atoms with E-state index in [0.717, 1.165) is 0 Å². The predicted octanol–water partition coefficient (Wildman–Crippen LogP) is 4.23. The van der Waals surface area contributed by atoms with E-state index in [0.29, 0.717) is 19.7 Å². The normalized spacial score (nSPS) is 18.1. The minimum atomic E-state index is -0.678. The lowest BCUT2D eigenvalue weighted by atomic mass is 10.0. The Kier molecular flexibility index (Phi) is 7.25. The van der Waals surface area contributed by atoms with Crippen LogP contribution in [-0.2, 0) is 4.74 Å². The summed E-state index contributed by atoms with van der Waals surface area (Å²) in [5, 5.41) is 14.4. The summed E-state index contributed by atoms with van der Waals surface area (Å²) in [4.78, 5) is 25.3. The second-order valence-electron chi connectivity index (χ2n) is 6.96. The van der Waals surface area contributed by atoms with Gasteiger partial charge in [0.1, 0.15) is 11.4 Å². The van der Waals surface area contributed by atoms with Crippen molar-refractivity contribution in [3.63, 3.8) is 0 Å². The Morgan fingerprint density at radius 1 is 1.40 bits per heavy atom. The minimum absolute atomic E-state index is 0.00409. The number of carbonyl (C=O) groups is 1. The van der Waals surface area contributed by atoms with Gasteiger partial charge in [-0.05, 0) is 31.2 Å². The monoisotopic (exact) mass is 455 g/mol. The van der Waals surface area contributed by atoms with Gasteiger partial charge >= 0.3 is 0 Å². The van der Waals surface area contributed by atoms with Crippen LogP contribution in [0.4, 0.5) is 10.1 Å². The lowest BCUT2D eigenvalue weighted by Crippen LogP contribution is -2.47. The molecule has 1 amide bonds. The summed E-state index contributed by atoms with van der Waals surface area (Å²) in [5.74, 6) is -1.17. The molecule has 3 rings (SSSR count). The summed E-state index contributed by atoms with van der Waals surface area (Å²) >= 11 is 12.2. The molecule has 1 aliphatic heterocycles. The Balaban J connectivity index is 1.88. The molecule has 0 spiro atoms. The lowest BCUT2D eigenvalue weighted by Gasteiger charge is -2.38. The number of carbonyl (C=O) groups excluding carboxylic acids is 1. The molecule has 0 radical (unpaired) electrons. The Labute approximate surface area is 182 Å². The molecule has 1 N–H and O–H groups in total. The van der Waals surface area contributed by atoms with E-state index in [1.165, 1.54) is 30.3 Å². The lowest BCUT2D eigenvalue weighted by molar-refractivity contribution is -0.385. The number of nitrogens with zero attached hydrogens (tertiary/aromatic N) is 2. The van der Waals surface area contributed by atoms with Crippen LogP contribution in [0.2, 0.25) is 10.0 Å². The number of ether oxygens (including phenoxy) is 1. The van der Waals surface area contributed by atoms with Crippen LogP contribution in [0.5, 0.6) is 0 Å². The van der Waals surface area contributed by atoms with Gasteiger partial charge in [0.2, 0.25) is 0 Å². The quantitative estimate of drug-likeness (QED) is 0.520. The van der Waals surface area contributed by atoms with Crippen molar-refractivity contribution in [3.8, 4) is 0 Å². The number of morpholine rings is 1. The fraction of sp³-hybridized carbons (Fsp3) is 0.350. The molecule has 0 aromatic heterocycles. The first kappa shape index (κ1) is 22.4. The highest BCUT2D eigenvalue weighted by Crippen LogP contribution is 2.31. The molecule has 2 aromatic rings. The molecular formula is C20H20Cl2FN3O4. The van der Waals surface area contributed by atoms with Crippen molar-refractivity contribution in [2.45, 2.75) is 19.1 Å². The van der Waals surface area contributed by atoms with E-state index in [4.69, 9.17) is 27.9 Å². The van der Waals surface area contributed by atoms with Crippen LogP contribution in [-0.4, -0.2) is 48.1 Å². The van der Waals surface area contributed by atoms with Crippen LogP contribution in [0.3, 0.4) is 0 Å². The molecule has 30 heavy (non-hydrogen) atoms. The summed E-state index contributed by atoms with van der Waals surface area (Å²) in [7, 11) is 0. The van der Waals surface area contributed by atoms with E-state index in [2.05, 4.69) is 5.32 Å². The van der Waals surface area contributed by atoms with Gasteiger partial charge in [0, 0.05) is 41.3 Å². The molecule has 2 unspecified atom stereocenters. The third-order valence-corrected chi connectivity index (χ3v) is 5.47. The van der Waals surface area contributed by atoms with Gasteiger partial charge in [-0.25, -0.2) is 4.39 Å². The summed E-state index contributed by atoms with van der Waals surface area (Å²) in [6, 6.07) is 7.57. The first-order chi connectivity index (χ1) is 14.3. The predicted molar refractivity (Wildman–Crippen MR) is 112 cm³/mol. The van der Waals surface area contributed by atoms with Crippen molar-refractivity contribution in [1.29, 1.82) is 0 Å². The summed E-state index contributed by atoms with van der Waals surface area (Å²) in [6.07, 6.45) is -0.0727. The average molecular weight is 456 g/mol. The van der Waals surface area contributed by atoms with Crippen molar-refractivity contribution < 1.29 is 18.8 Å². The van der Waals surface area contributed by atoms with E-state index in [-0.39, 0.29) is 39.5 Å². The topological polar surface area (TPSA) is 84.7 Å². The van der Waals surface area contributed by atoms with Crippen molar-refractivity contribution in [2.24, 2.45) is 0 Å². The molecule has 0 bridgehead atoms. The molecule has 1 fully saturated rings. The van der Waals surface area contributed by atoms with Crippen LogP contribution in [0.1, 0.15) is 28.9 Å². The molecule has 0 saturated carbocycles. The van der Waals surface area contributed by atoms with Crippen LogP contribution >= 0.6 is 23.2 Å². The largest absolute Gasteiger partial charge is 0.376 e. The third kappa shape index (κ3) is 5.07. The van der Waals surface area contributed by atoms with Gasteiger partial charge in [-0.15, -0.1) is 0 Å². The number of amides is 1. The molecule has 0 aliphatic carbocycles. The fourth-order valence-corrected chi connectivity index (χ4v) is 3.97. The molecule has 1 saturated heterocycles. The summed E-state index contributed by atoms with van der Waals surface area (Å²) in [6.45, 7) is 3.39. The van der Waals surface area contributed by atoms with Gasteiger partial charge < -0.3 is 10.1 Å². The van der Waals surface area contributed by atoms with E-state index >= 15 is 0 Å². The molecular weight excluding hydrogens is 436 g/mol. The number of nitrogens with one attached hydrogen (secondary N) is 1.